The molecule has 226 valence electrons. The van der Waals surface area contributed by atoms with Crippen LogP contribution in [0.15, 0.2) is 127 Å². The second-order valence-corrected chi connectivity index (χ2v) is 13.8. The summed E-state index contributed by atoms with van der Waals surface area (Å²) in [5.41, 5.74) is 6.56. The Bertz CT molecular complexity index is 1710. The number of hydrogen-bond donors (Lipinski definition) is 0. The molecule has 4 rings (SSSR count). The predicted molar refractivity (Wildman–Crippen MR) is 180 cm³/mol. The Morgan fingerprint density at radius 3 is 1.66 bits per heavy atom. The predicted octanol–water partition coefficient (Wildman–Crippen LogP) is 11.6. The minimum atomic E-state index is -0.290. The van der Waals surface area contributed by atoms with Crippen molar-refractivity contribution >= 4 is 46.1 Å². The Labute approximate surface area is 269 Å². The van der Waals surface area contributed by atoms with Crippen LogP contribution >= 0.6 is 23.2 Å². The largest absolute Gasteiger partial charge is 0.289 e. The molecule has 0 saturated heterocycles. The lowest BCUT2D eigenvalue weighted by molar-refractivity contribution is -0.114. The second kappa shape index (κ2) is 12.9. The van der Waals surface area contributed by atoms with E-state index in [-0.39, 0.29) is 22.4 Å². The van der Waals surface area contributed by atoms with Crippen LogP contribution < -0.4 is 0 Å². The molecule has 6 nitrogen and oxygen atoms in total. The van der Waals surface area contributed by atoms with Crippen LogP contribution in [0.5, 0.6) is 0 Å². The van der Waals surface area contributed by atoms with Crippen molar-refractivity contribution in [3.05, 3.63) is 117 Å². The molecule has 0 aromatic heterocycles. The molecule has 0 saturated carbocycles. The second-order valence-electron chi connectivity index (χ2n) is 12.9. The fraction of sp³-hybridized carbons (Fsp3) is 0.278. The van der Waals surface area contributed by atoms with E-state index in [0.29, 0.717) is 32.6 Å². The van der Waals surface area contributed by atoms with Gasteiger partial charge in [0.15, 0.2) is 11.6 Å². The fourth-order valence-corrected chi connectivity index (χ4v) is 5.23. The number of carbonyl (C=O) groups is 2. The Morgan fingerprint density at radius 2 is 1.14 bits per heavy atom. The van der Waals surface area contributed by atoms with Crippen molar-refractivity contribution in [1.82, 2.24) is 0 Å². The zero-order valence-electron chi connectivity index (χ0n) is 26.3. The molecule has 2 aromatic rings. The van der Waals surface area contributed by atoms with Gasteiger partial charge in [-0.3, -0.25) is 9.59 Å². The number of allylic oxidation sites excluding steroid dienone is 10. The van der Waals surface area contributed by atoms with E-state index in [1.165, 1.54) is 0 Å². The maximum atomic E-state index is 13.1. The first-order chi connectivity index (χ1) is 20.5. The average molecular weight is 628 g/mol. The van der Waals surface area contributed by atoms with Gasteiger partial charge in [-0.25, -0.2) is 0 Å². The zero-order chi connectivity index (χ0) is 32.4. The summed E-state index contributed by atoms with van der Waals surface area (Å²) in [6.45, 7) is 15.8. The molecule has 2 aliphatic rings. The van der Waals surface area contributed by atoms with Crippen molar-refractivity contribution in [1.29, 1.82) is 0 Å². The molecule has 0 amide bonds. The van der Waals surface area contributed by atoms with Crippen LogP contribution in [0.2, 0.25) is 10.0 Å². The summed E-state index contributed by atoms with van der Waals surface area (Å²) >= 11 is 13.1. The van der Waals surface area contributed by atoms with E-state index < -0.39 is 0 Å². The highest BCUT2D eigenvalue weighted by Crippen LogP contribution is 2.40. The quantitative estimate of drug-likeness (QED) is 0.309. The number of benzene rings is 2. The standard InChI is InChI=1S/C36H36Cl2N4O2/c1-21-13-23(14-22(2)33(21)43)19-40-42-32-18-30(37)27(17-31(32)38)25-9-11-26(12-10-25)41-39-20-24-15-28(35(3,4)5)34(44)29(16-24)36(6,7)8/h9-20H,1-8H3/b41-39+,42-40+. The number of rotatable bonds is 5. The van der Waals surface area contributed by atoms with Crippen molar-refractivity contribution in [3.8, 4) is 11.1 Å². The SMILES string of the molecule is CC1=CC(=C/N=N/c2cc(Cl)c(-c3ccc(/N=N/C=C4C=C(C(C)(C)C)C(=O)C(C(C)(C)C)=C4)cc3)cc2Cl)C=C(C)C1=O. The molecular weight excluding hydrogens is 591 g/mol. The maximum absolute atomic E-state index is 13.1. The average Bonchev–Trinajstić information content (AvgIpc) is 2.93. The van der Waals surface area contributed by atoms with Gasteiger partial charge in [0, 0.05) is 16.7 Å². The van der Waals surface area contributed by atoms with Gasteiger partial charge in [-0.15, -0.1) is 5.11 Å². The highest BCUT2D eigenvalue weighted by atomic mass is 35.5. The Hall–Kier alpha value is -4.00. The normalized spacial score (nSPS) is 16.3. The van der Waals surface area contributed by atoms with Gasteiger partial charge in [0.1, 0.15) is 5.69 Å². The number of hydrogen-bond acceptors (Lipinski definition) is 6. The van der Waals surface area contributed by atoms with Gasteiger partial charge in [0.2, 0.25) is 0 Å². The lowest BCUT2D eigenvalue weighted by Crippen LogP contribution is -2.27. The third kappa shape index (κ3) is 7.74. The summed E-state index contributed by atoms with van der Waals surface area (Å²) in [6.07, 6.45) is 10.6. The van der Waals surface area contributed by atoms with E-state index in [0.717, 1.165) is 33.4 Å². The van der Waals surface area contributed by atoms with Crippen molar-refractivity contribution < 1.29 is 9.59 Å². The molecule has 0 spiro atoms. The molecule has 8 heteroatoms. The summed E-state index contributed by atoms with van der Waals surface area (Å²) in [4.78, 5) is 25.1. The number of carbonyl (C=O) groups excluding carboxylic acids is 2. The summed E-state index contributed by atoms with van der Waals surface area (Å²) in [6, 6.07) is 10.9. The van der Waals surface area contributed by atoms with Crippen molar-refractivity contribution in [2.45, 2.75) is 55.4 Å². The third-order valence-corrected chi connectivity index (χ3v) is 7.79. The highest BCUT2D eigenvalue weighted by molar-refractivity contribution is 6.37. The van der Waals surface area contributed by atoms with Gasteiger partial charge in [0.25, 0.3) is 0 Å². The number of nitrogens with zero attached hydrogens (tertiary/aromatic N) is 4. The molecule has 0 atom stereocenters. The lowest BCUT2D eigenvalue weighted by atomic mass is 9.72. The van der Waals surface area contributed by atoms with Gasteiger partial charge in [-0.05, 0) is 101 Å². The maximum Gasteiger partial charge on any atom is 0.186 e. The summed E-state index contributed by atoms with van der Waals surface area (Å²) in [5.74, 6) is 0.107. The van der Waals surface area contributed by atoms with E-state index >= 15 is 0 Å². The topological polar surface area (TPSA) is 83.6 Å². The van der Waals surface area contributed by atoms with E-state index in [4.69, 9.17) is 23.2 Å². The summed E-state index contributed by atoms with van der Waals surface area (Å²) in [7, 11) is 0. The Morgan fingerprint density at radius 1 is 0.636 bits per heavy atom. The molecule has 44 heavy (non-hydrogen) atoms. The molecule has 0 N–H and O–H groups in total. The fourth-order valence-electron chi connectivity index (χ4n) is 4.76. The molecular formula is C36H36Cl2N4O2. The first kappa shape index (κ1) is 32.9. The minimum absolute atomic E-state index is 0.0235. The van der Waals surface area contributed by atoms with Crippen molar-refractivity contribution in [2.75, 3.05) is 0 Å². The van der Waals surface area contributed by atoms with Crippen molar-refractivity contribution in [2.24, 2.45) is 31.3 Å². The van der Waals surface area contributed by atoms with E-state index in [2.05, 4.69) is 20.5 Å². The monoisotopic (exact) mass is 626 g/mol. The molecule has 0 fully saturated rings. The summed E-state index contributed by atoms with van der Waals surface area (Å²) in [5, 5.41) is 17.9. The molecule has 0 aliphatic heterocycles. The van der Waals surface area contributed by atoms with Gasteiger partial charge >= 0.3 is 0 Å². The van der Waals surface area contributed by atoms with E-state index in [1.807, 2.05) is 78.0 Å². The van der Waals surface area contributed by atoms with Gasteiger partial charge in [0.05, 0.1) is 28.1 Å². The number of halogens is 2. The van der Waals surface area contributed by atoms with Crippen LogP contribution in [0.3, 0.4) is 0 Å². The molecule has 0 radical (unpaired) electrons. The molecule has 2 aromatic carbocycles. The first-order valence-electron chi connectivity index (χ1n) is 14.3. The smallest absolute Gasteiger partial charge is 0.186 e. The van der Waals surface area contributed by atoms with Gasteiger partial charge in [-0.2, -0.15) is 15.3 Å². The van der Waals surface area contributed by atoms with E-state index in [9.17, 15) is 9.59 Å². The third-order valence-electron chi connectivity index (χ3n) is 7.18. The zero-order valence-corrected chi connectivity index (χ0v) is 27.8. The van der Waals surface area contributed by atoms with Crippen molar-refractivity contribution in [3.63, 3.8) is 0 Å². The molecule has 0 bridgehead atoms. The van der Waals surface area contributed by atoms with E-state index in [1.54, 1.807) is 50.5 Å². The molecule has 0 heterocycles. The highest BCUT2D eigenvalue weighted by Gasteiger charge is 2.34. The number of ketones is 2. The lowest BCUT2D eigenvalue weighted by Gasteiger charge is -2.31. The van der Waals surface area contributed by atoms with Gasteiger partial charge < -0.3 is 0 Å². The van der Waals surface area contributed by atoms with Crippen LogP contribution in [0.25, 0.3) is 11.1 Å². The Balaban J connectivity index is 1.52. The summed E-state index contributed by atoms with van der Waals surface area (Å²) < 4.78 is 0. The van der Waals surface area contributed by atoms with Crippen LogP contribution in [-0.2, 0) is 9.59 Å². The van der Waals surface area contributed by atoms with Gasteiger partial charge in [-0.1, -0.05) is 76.9 Å². The number of azo groups is 2. The van der Waals surface area contributed by atoms with Crippen LogP contribution in [0, 0.1) is 10.8 Å². The first-order valence-corrected chi connectivity index (χ1v) is 15.0. The number of Topliss-reactive ketones (excluding diaryl/α,β-unsaturated/α-hetero) is 2. The molecule has 0 unspecified atom stereocenters. The van der Waals surface area contributed by atoms with Crippen LogP contribution in [0.4, 0.5) is 11.4 Å². The Kier molecular flexibility index (Phi) is 9.67. The minimum Gasteiger partial charge on any atom is -0.289 e. The van der Waals surface area contributed by atoms with Crippen LogP contribution in [-0.4, -0.2) is 11.6 Å². The van der Waals surface area contributed by atoms with Crippen LogP contribution in [0.1, 0.15) is 55.4 Å². The molecule has 2 aliphatic carbocycles.